The van der Waals surface area contributed by atoms with E-state index >= 15 is 0 Å². The molecular weight excluding hydrogens is 287 g/mol. The highest BCUT2D eigenvalue weighted by molar-refractivity contribution is 7.80. The summed E-state index contributed by atoms with van der Waals surface area (Å²) < 4.78 is 38.3. The molecule has 1 heterocycles. The lowest BCUT2D eigenvalue weighted by atomic mass is 9.96. The van der Waals surface area contributed by atoms with Crippen molar-refractivity contribution < 1.29 is 13.2 Å². The minimum absolute atomic E-state index is 0.0296. The van der Waals surface area contributed by atoms with Crippen molar-refractivity contribution in [2.24, 2.45) is 11.1 Å². The van der Waals surface area contributed by atoms with Crippen molar-refractivity contribution in [1.29, 1.82) is 0 Å². The van der Waals surface area contributed by atoms with E-state index in [4.69, 9.17) is 18.0 Å². The fourth-order valence-electron chi connectivity index (χ4n) is 1.88. The molecule has 7 heteroatoms. The fourth-order valence-corrected chi connectivity index (χ4v) is 2.04. The van der Waals surface area contributed by atoms with Gasteiger partial charge in [-0.3, -0.25) is 0 Å². The van der Waals surface area contributed by atoms with Crippen molar-refractivity contribution in [3.8, 4) is 0 Å². The maximum atomic E-state index is 12.8. The van der Waals surface area contributed by atoms with Gasteiger partial charge in [-0.1, -0.05) is 33.0 Å². The minimum Gasteiger partial charge on any atom is -0.389 e. The van der Waals surface area contributed by atoms with Crippen LogP contribution >= 0.6 is 12.2 Å². The highest BCUT2D eigenvalue weighted by Gasteiger charge is 2.33. The standard InChI is InChI=1S/C13H18F3N3S/c1-12(2,3)7-19(4)11-8(10(17)20)5-6-9(18-11)13(14,15)16/h5-6H,7H2,1-4H3,(H2,17,20). The fraction of sp³-hybridized carbons (Fsp3) is 0.538. The van der Waals surface area contributed by atoms with Gasteiger partial charge < -0.3 is 10.6 Å². The molecule has 0 atom stereocenters. The highest BCUT2D eigenvalue weighted by Crippen LogP contribution is 2.31. The van der Waals surface area contributed by atoms with Crippen LogP contribution in [0.5, 0.6) is 0 Å². The predicted octanol–water partition coefficient (Wildman–Crippen LogP) is 3.22. The van der Waals surface area contributed by atoms with Crippen LogP contribution in [0.15, 0.2) is 12.1 Å². The van der Waals surface area contributed by atoms with Crippen LogP contribution in [0.1, 0.15) is 32.0 Å². The molecule has 0 saturated heterocycles. The second-order valence-corrected chi connectivity index (χ2v) is 6.29. The minimum atomic E-state index is -4.49. The Balaban J connectivity index is 3.29. The van der Waals surface area contributed by atoms with E-state index in [1.165, 1.54) is 6.07 Å². The first-order chi connectivity index (χ1) is 8.92. The van der Waals surface area contributed by atoms with Gasteiger partial charge in [0.2, 0.25) is 0 Å². The zero-order chi connectivity index (χ0) is 15.7. The average Bonchev–Trinajstić information content (AvgIpc) is 2.24. The van der Waals surface area contributed by atoms with Gasteiger partial charge in [-0.2, -0.15) is 13.2 Å². The molecular formula is C13H18F3N3S. The third-order valence-electron chi connectivity index (χ3n) is 2.50. The molecule has 1 rings (SSSR count). The van der Waals surface area contributed by atoms with E-state index in [1.54, 1.807) is 11.9 Å². The quantitative estimate of drug-likeness (QED) is 0.871. The van der Waals surface area contributed by atoms with Crippen molar-refractivity contribution in [3.05, 3.63) is 23.4 Å². The second kappa shape index (κ2) is 5.55. The van der Waals surface area contributed by atoms with Crippen LogP contribution in [0.25, 0.3) is 0 Å². The number of aromatic nitrogens is 1. The van der Waals surface area contributed by atoms with Crippen LogP contribution in [-0.4, -0.2) is 23.6 Å². The highest BCUT2D eigenvalue weighted by atomic mass is 32.1. The summed E-state index contributed by atoms with van der Waals surface area (Å²) in [5.41, 5.74) is 4.86. The molecule has 2 N–H and O–H groups in total. The van der Waals surface area contributed by atoms with E-state index in [1.807, 2.05) is 20.8 Å². The number of rotatable bonds is 3. The molecule has 0 radical (unpaired) electrons. The summed E-state index contributed by atoms with van der Waals surface area (Å²) in [6.45, 7) is 6.48. The third kappa shape index (κ3) is 4.33. The Labute approximate surface area is 122 Å². The smallest absolute Gasteiger partial charge is 0.389 e. The van der Waals surface area contributed by atoms with Crippen LogP contribution in [-0.2, 0) is 6.18 Å². The normalized spacial score (nSPS) is 12.3. The van der Waals surface area contributed by atoms with Gasteiger partial charge >= 0.3 is 6.18 Å². The number of hydrogen-bond acceptors (Lipinski definition) is 3. The molecule has 0 saturated carbocycles. The topological polar surface area (TPSA) is 42.2 Å². The maximum absolute atomic E-state index is 12.8. The summed E-state index contributed by atoms with van der Waals surface area (Å²) in [4.78, 5) is 5.35. The van der Waals surface area contributed by atoms with Crippen LogP contribution in [0.3, 0.4) is 0 Å². The SMILES string of the molecule is CN(CC(C)(C)C)c1nc(C(F)(F)F)ccc1C(N)=S. The first kappa shape index (κ1) is 16.7. The van der Waals surface area contributed by atoms with Crippen molar-refractivity contribution >= 4 is 23.0 Å². The molecule has 1 aromatic rings. The first-order valence-electron chi connectivity index (χ1n) is 6.01. The molecule has 20 heavy (non-hydrogen) atoms. The zero-order valence-corrected chi connectivity index (χ0v) is 12.7. The molecule has 0 unspecified atom stereocenters. The number of hydrogen-bond donors (Lipinski definition) is 1. The summed E-state index contributed by atoms with van der Waals surface area (Å²) in [6, 6.07) is 2.16. The Kier molecular flexibility index (Phi) is 4.63. The van der Waals surface area contributed by atoms with Crippen LogP contribution in [0, 0.1) is 5.41 Å². The van der Waals surface area contributed by atoms with Gasteiger partial charge in [0, 0.05) is 13.6 Å². The van der Waals surface area contributed by atoms with Gasteiger partial charge in [0.1, 0.15) is 16.5 Å². The van der Waals surface area contributed by atoms with Gasteiger partial charge in [-0.05, 0) is 17.5 Å². The van der Waals surface area contributed by atoms with Crippen LogP contribution in [0.2, 0.25) is 0 Å². The summed E-state index contributed by atoms with van der Waals surface area (Å²) >= 11 is 4.88. The predicted molar refractivity (Wildman–Crippen MR) is 77.9 cm³/mol. The first-order valence-corrected chi connectivity index (χ1v) is 6.42. The summed E-state index contributed by atoms with van der Waals surface area (Å²) in [5, 5.41) is 0. The Morgan fingerprint density at radius 2 is 1.85 bits per heavy atom. The monoisotopic (exact) mass is 305 g/mol. The van der Waals surface area contributed by atoms with Crippen molar-refractivity contribution in [2.75, 3.05) is 18.5 Å². The van der Waals surface area contributed by atoms with E-state index in [0.29, 0.717) is 12.1 Å². The molecule has 0 amide bonds. The van der Waals surface area contributed by atoms with E-state index < -0.39 is 11.9 Å². The van der Waals surface area contributed by atoms with E-state index in [-0.39, 0.29) is 16.2 Å². The van der Waals surface area contributed by atoms with E-state index in [0.717, 1.165) is 6.07 Å². The number of anilines is 1. The molecule has 0 aliphatic heterocycles. The summed E-state index contributed by atoms with van der Waals surface area (Å²) in [7, 11) is 1.68. The summed E-state index contributed by atoms with van der Waals surface area (Å²) in [5.74, 6) is 0.155. The van der Waals surface area contributed by atoms with E-state index in [2.05, 4.69) is 4.98 Å². The molecule has 0 aliphatic rings. The molecule has 0 fully saturated rings. The van der Waals surface area contributed by atoms with E-state index in [9.17, 15) is 13.2 Å². The number of nitrogens with zero attached hydrogens (tertiary/aromatic N) is 2. The molecule has 112 valence electrons. The van der Waals surface area contributed by atoms with Crippen LogP contribution in [0.4, 0.5) is 19.0 Å². The van der Waals surface area contributed by atoms with Gasteiger partial charge in [0.15, 0.2) is 0 Å². The molecule has 0 aromatic carbocycles. The number of halogens is 3. The molecule has 0 bridgehead atoms. The van der Waals surface area contributed by atoms with Gasteiger partial charge in [-0.25, -0.2) is 4.98 Å². The van der Waals surface area contributed by atoms with Gasteiger partial charge in [0.25, 0.3) is 0 Å². The van der Waals surface area contributed by atoms with Crippen molar-refractivity contribution in [3.63, 3.8) is 0 Å². The van der Waals surface area contributed by atoms with Crippen LogP contribution < -0.4 is 10.6 Å². The molecule has 1 aromatic heterocycles. The van der Waals surface area contributed by atoms with Gasteiger partial charge in [0.05, 0.1) is 5.56 Å². The Morgan fingerprint density at radius 3 is 2.25 bits per heavy atom. The Bertz CT molecular complexity index is 507. The number of nitrogens with two attached hydrogens (primary N) is 1. The lowest BCUT2D eigenvalue weighted by Gasteiger charge is -2.29. The average molecular weight is 305 g/mol. The Hall–Kier alpha value is -1.37. The largest absolute Gasteiger partial charge is 0.433 e. The molecule has 0 spiro atoms. The van der Waals surface area contributed by atoms with Gasteiger partial charge in [-0.15, -0.1) is 0 Å². The van der Waals surface area contributed by atoms with Crippen molar-refractivity contribution in [2.45, 2.75) is 26.9 Å². The zero-order valence-electron chi connectivity index (χ0n) is 11.9. The third-order valence-corrected chi connectivity index (χ3v) is 2.72. The lowest BCUT2D eigenvalue weighted by molar-refractivity contribution is -0.141. The number of pyridine rings is 1. The van der Waals surface area contributed by atoms with Crippen molar-refractivity contribution in [1.82, 2.24) is 4.98 Å². The number of alkyl halides is 3. The lowest BCUT2D eigenvalue weighted by Crippen LogP contribution is -2.32. The summed E-state index contributed by atoms with van der Waals surface area (Å²) in [6.07, 6.45) is -4.49. The maximum Gasteiger partial charge on any atom is 0.433 e. The molecule has 0 aliphatic carbocycles. The number of thiocarbonyl (C=S) groups is 1. The Morgan fingerprint density at radius 1 is 1.30 bits per heavy atom. The molecule has 3 nitrogen and oxygen atoms in total. The second-order valence-electron chi connectivity index (χ2n) is 5.85.